The van der Waals surface area contributed by atoms with Gasteiger partial charge >= 0.3 is 6.03 Å². The van der Waals surface area contributed by atoms with Gasteiger partial charge in [0.25, 0.3) is 11.8 Å². The van der Waals surface area contributed by atoms with E-state index in [-0.39, 0.29) is 12.1 Å². The van der Waals surface area contributed by atoms with Crippen molar-refractivity contribution in [2.24, 2.45) is 0 Å². The fraction of sp³-hybridized carbons (Fsp3) is 0.353. The first-order chi connectivity index (χ1) is 12.2. The van der Waals surface area contributed by atoms with Gasteiger partial charge in [0, 0.05) is 25.4 Å². The Morgan fingerprint density at radius 1 is 1.16 bits per heavy atom. The lowest BCUT2D eigenvalue weighted by molar-refractivity contribution is 0.182. The summed E-state index contributed by atoms with van der Waals surface area (Å²) in [5.41, 5.74) is 0.634. The molecule has 1 N–H and O–H groups in total. The van der Waals surface area contributed by atoms with E-state index in [0.29, 0.717) is 42.7 Å². The Hall–Kier alpha value is -3.03. The second-order valence-electron chi connectivity index (χ2n) is 5.48. The van der Waals surface area contributed by atoms with Gasteiger partial charge < -0.3 is 24.4 Å². The molecule has 8 heteroatoms. The largest absolute Gasteiger partial charge is 0.495 e. The highest BCUT2D eigenvalue weighted by Crippen LogP contribution is 2.26. The molecule has 132 valence electrons. The van der Waals surface area contributed by atoms with Gasteiger partial charge in [-0.05, 0) is 12.1 Å². The number of amides is 2. The quantitative estimate of drug-likeness (QED) is 0.895. The Bertz CT molecular complexity index is 740. The summed E-state index contributed by atoms with van der Waals surface area (Å²) in [5.74, 6) is 1.29. The van der Waals surface area contributed by atoms with Crippen molar-refractivity contribution < 1.29 is 19.0 Å². The minimum Gasteiger partial charge on any atom is -0.495 e. The van der Waals surface area contributed by atoms with Gasteiger partial charge in [-0.3, -0.25) is 0 Å². The predicted molar refractivity (Wildman–Crippen MR) is 91.2 cm³/mol. The molecule has 2 amide bonds. The third kappa shape index (κ3) is 3.90. The molecule has 1 aromatic carbocycles. The van der Waals surface area contributed by atoms with Gasteiger partial charge in [-0.1, -0.05) is 12.1 Å². The number of ether oxygens (including phenoxy) is 3. The zero-order chi connectivity index (χ0) is 17.6. The maximum absolute atomic E-state index is 12.5. The van der Waals surface area contributed by atoms with Crippen LogP contribution in [0, 0.1) is 0 Å². The lowest BCUT2D eigenvalue weighted by Gasteiger charge is -2.19. The van der Waals surface area contributed by atoms with Crippen molar-refractivity contribution >= 4 is 11.7 Å². The molecule has 1 aromatic heterocycles. The lowest BCUT2D eigenvalue weighted by atomic mass is 10.3. The number of rotatable bonds is 5. The molecule has 1 aliphatic rings. The van der Waals surface area contributed by atoms with Gasteiger partial charge in [0.15, 0.2) is 0 Å². The molecule has 0 saturated carbocycles. The van der Waals surface area contributed by atoms with Crippen molar-refractivity contribution in [2.75, 3.05) is 32.6 Å². The van der Waals surface area contributed by atoms with Gasteiger partial charge in [-0.2, -0.15) is 0 Å². The number of para-hydroxylation sites is 2. The first kappa shape index (κ1) is 16.8. The highest BCUT2D eigenvalue weighted by atomic mass is 16.5. The van der Waals surface area contributed by atoms with Gasteiger partial charge in [0.05, 0.1) is 26.5 Å². The van der Waals surface area contributed by atoms with E-state index in [1.807, 2.05) is 12.1 Å². The number of methoxy groups -OCH3 is 2. The van der Waals surface area contributed by atoms with Crippen molar-refractivity contribution in [1.29, 1.82) is 0 Å². The van der Waals surface area contributed by atoms with Crippen molar-refractivity contribution in [1.82, 2.24) is 14.9 Å². The smallest absolute Gasteiger partial charge is 0.322 e. The van der Waals surface area contributed by atoms with Crippen LogP contribution < -0.4 is 19.5 Å². The van der Waals surface area contributed by atoms with Gasteiger partial charge in [0.2, 0.25) is 0 Å². The highest BCUT2D eigenvalue weighted by molar-refractivity contribution is 5.91. The van der Waals surface area contributed by atoms with Crippen LogP contribution in [0.2, 0.25) is 0 Å². The summed E-state index contributed by atoms with van der Waals surface area (Å²) < 4.78 is 16.2. The van der Waals surface area contributed by atoms with E-state index < -0.39 is 0 Å². The average molecular weight is 344 g/mol. The van der Waals surface area contributed by atoms with Crippen molar-refractivity contribution in [3.05, 3.63) is 36.7 Å². The van der Waals surface area contributed by atoms with Crippen LogP contribution in [-0.4, -0.2) is 54.3 Å². The van der Waals surface area contributed by atoms with Crippen LogP contribution in [-0.2, 0) is 0 Å². The molecule has 2 heterocycles. The SMILES string of the molecule is COc1ccccc1NC(=O)N1CCC(Oc2nccnc2OC)C1. The number of hydrogen-bond acceptors (Lipinski definition) is 6. The van der Waals surface area contributed by atoms with E-state index in [0.717, 1.165) is 0 Å². The van der Waals surface area contributed by atoms with E-state index in [1.165, 1.54) is 13.3 Å². The third-order valence-corrected chi connectivity index (χ3v) is 3.89. The number of aromatic nitrogens is 2. The fourth-order valence-corrected chi connectivity index (χ4v) is 2.64. The number of urea groups is 1. The first-order valence-corrected chi connectivity index (χ1v) is 7.92. The standard InChI is InChI=1S/C17H20N4O4/c1-23-14-6-4-3-5-13(14)20-17(22)21-10-7-12(11-21)25-16-15(24-2)18-8-9-19-16/h3-6,8-9,12H,7,10-11H2,1-2H3,(H,20,22). The predicted octanol–water partition coefficient (Wildman–Crippen LogP) is 2.18. The molecule has 0 radical (unpaired) electrons. The topological polar surface area (TPSA) is 85.8 Å². The number of anilines is 1. The van der Waals surface area contributed by atoms with E-state index >= 15 is 0 Å². The molecule has 1 atom stereocenters. The average Bonchev–Trinajstić information content (AvgIpc) is 3.11. The van der Waals surface area contributed by atoms with Gasteiger partial charge in [0.1, 0.15) is 11.9 Å². The molecular weight excluding hydrogens is 324 g/mol. The summed E-state index contributed by atoms with van der Waals surface area (Å²) in [6, 6.07) is 7.09. The molecule has 1 fully saturated rings. The van der Waals surface area contributed by atoms with Crippen LogP contribution in [0.25, 0.3) is 0 Å². The first-order valence-electron chi connectivity index (χ1n) is 7.92. The molecular formula is C17H20N4O4. The summed E-state index contributed by atoms with van der Waals surface area (Å²) in [4.78, 5) is 22.3. The minimum absolute atomic E-state index is 0.158. The molecule has 8 nitrogen and oxygen atoms in total. The number of carbonyl (C=O) groups excluding carboxylic acids is 1. The summed E-state index contributed by atoms with van der Waals surface area (Å²) in [6.07, 6.45) is 3.62. The molecule has 1 unspecified atom stereocenters. The number of nitrogens with one attached hydrogen (secondary N) is 1. The number of likely N-dealkylation sites (tertiary alicyclic amines) is 1. The van der Waals surface area contributed by atoms with Crippen molar-refractivity contribution in [3.8, 4) is 17.5 Å². The van der Waals surface area contributed by atoms with E-state index in [4.69, 9.17) is 14.2 Å². The summed E-state index contributed by atoms with van der Waals surface area (Å²) in [5, 5.41) is 2.86. The van der Waals surface area contributed by atoms with Crippen molar-refractivity contribution in [2.45, 2.75) is 12.5 Å². The number of hydrogen-bond donors (Lipinski definition) is 1. The normalized spacial score (nSPS) is 16.4. The van der Waals surface area contributed by atoms with Crippen LogP contribution >= 0.6 is 0 Å². The Kier molecular flexibility index (Phi) is 5.17. The summed E-state index contributed by atoms with van der Waals surface area (Å²) in [6.45, 7) is 1.05. The lowest BCUT2D eigenvalue weighted by Crippen LogP contribution is -2.34. The summed E-state index contributed by atoms with van der Waals surface area (Å²) >= 11 is 0. The molecule has 0 bridgehead atoms. The zero-order valence-electron chi connectivity index (χ0n) is 14.1. The van der Waals surface area contributed by atoms with E-state index in [1.54, 1.807) is 30.3 Å². The minimum atomic E-state index is -0.193. The molecule has 0 spiro atoms. The van der Waals surface area contributed by atoms with Crippen LogP contribution in [0.15, 0.2) is 36.7 Å². The highest BCUT2D eigenvalue weighted by Gasteiger charge is 2.29. The second kappa shape index (κ2) is 7.69. The Morgan fingerprint density at radius 2 is 1.92 bits per heavy atom. The Labute approximate surface area is 145 Å². The van der Waals surface area contributed by atoms with Gasteiger partial charge in [-0.25, -0.2) is 14.8 Å². The number of nitrogens with zero attached hydrogens (tertiary/aromatic N) is 3. The monoisotopic (exact) mass is 344 g/mol. The Balaban J connectivity index is 1.59. The molecule has 2 aromatic rings. The molecule has 3 rings (SSSR count). The number of benzene rings is 1. The van der Waals surface area contributed by atoms with Gasteiger partial charge in [-0.15, -0.1) is 0 Å². The number of carbonyl (C=O) groups is 1. The second-order valence-corrected chi connectivity index (χ2v) is 5.48. The van der Waals surface area contributed by atoms with Crippen LogP contribution in [0.3, 0.4) is 0 Å². The fourth-order valence-electron chi connectivity index (χ4n) is 2.64. The summed E-state index contributed by atoms with van der Waals surface area (Å²) in [7, 11) is 3.08. The molecule has 1 saturated heterocycles. The molecule has 0 aliphatic carbocycles. The van der Waals surface area contributed by atoms with Crippen LogP contribution in [0.4, 0.5) is 10.5 Å². The van der Waals surface area contributed by atoms with E-state index in [9.17, 15) is 4.79 Å². The zero-order valence-corrected chi connectivity index (χ0v) is 14.1. The van der Waals surface area contributed by atoms with E-state index in [2.05, 4.69) is 15.3 Å². The van der Waals surface area contributed by atoms with Crippen LogP contribution in [0.1, 0.15) is 6.42 Å². The maximum Gasteiger partial charge on any atom is 0.322 e. The third-order valence-electron chi connectivity index (χ3n) is 3.89. The molecule has 1 aliphatic heterocycles. The Morgan fingerprint density at radius 3 is 2.68 bits per heavy atom. The van der Waals surface area contributed by atoms with Crippen molar-refractivity contribution in [3.63, 3.8) is 0 Å². The maximum atomic E-state index is 12.5. The van der Waals surface area contributed by atoms with Crippen LogP contribution in [0.5, 0.6) is 17.5 Å². The molecule has 25 heavy (non-hydrogen) atoms.